The first-order chi connectivity index (χ1) is 16.7. The number of benzene rings is 2. The molecule has 3 heteroatoms. The molecule has 0 atom stereocenters. The first-order valence-electron chi connectivity index (χ1n) is 12.4. The van der Waals surface area contributed by atoms with Crippen molar-refractivity contribution in [2.45, 2.75) is 27.7 Å². The van der Waals surface area contributed by atoms with E-state index >= 15 is 0 Å². The molecular weight excluding hydrogens is 479 g/mol. The number of hydrogen-bond acceptors (Lipinski definition) is 1. The first kappa shape index (κ1) is 24.3. The fourth-order valence-corrected chi connectivity index (χ4v) is 6.78. The zero-order chi connectivity index (χ0) is 23.9. The summed E-state index contributed by atoms with van der Waals surface area (Å²) in [6.07, 6.45) is 14.0. The van der Waals surface area contributed by atoms with Gasteiger partial charge >= 0.3 is 212 Å². The molecular formula is C31H35N2Se+. The summed E-state index contributed by atoms with van der Waals surface area (Å²) in [6, 6.07) is 19.9. The second kappa shape index (κ2) is 11.5. The molecule has 2 aromatic rings. The van der Waals surface area contributed by atoms with Crippen LogP contribution in [0.4, 0.5) is 5.69 Å². The van der Waals surface area contributed by atoms with Gasteiger partial charge in [-0.15, -0.1) is 0 Å². The molecule has 174 valence electrons. The molecule has 34 heavy (non-hydrogen) atoms. The van der Waals surface area contributed by atoms with Gasteiger partial charge in [0.2, 0.25) is 0 Å². The second-order valence-electron chi connectivity index (χ2n) is 8.38. The predicted molar refractivity (Wildman–Crippen MR) is 150 cm³/mol. The van der Waals surface area contributed by atoms with Gasteiger partial charge in [-0.2, -0.15) is 0 Å². The van der Waals surface area contributed by atoms with E-state index in [0.29, 0.717) is 0 Å². The fourth-order valence-electron chi connectivity index (χ4n) is 4.43. The van der Waals surface area contributed by atoms with Crippen LogP contribution in [0.3, 0.4) is 0 Å². The van der Waals surface area contributed by atoms with Crippen LogP contribution in [-0.4, -0.2) is 51.4 Å². The molecule has 1 heterocycles. The van der Waals surface area contributed by atoms with Gasteiger partial charge in [-0.3, -0.25) is 0 Å². The van der Waals surface area contributed by atoms with Crippen LogP contribution in [0.1, 0.15) is 38.8 Å². The molecule has 0 N–H and O–H groups in total. The van der Waals surface area contributed by atoms with Crippen molar-refractivity contribution in [3.63, 3.8) is 0 Å². The van der Waals surface area contributed by atoms with Gasteiger partial charge in [0.15, 0.2) is 0 Å². The van der Waals surface area contributed by atoms with Crippen LogP contribution in [-0.2, 0) is 0 Å². The van der Waals surface area contributed by atoms with E-state index in [1.807, 2.05) is 0 Å². The van der Waals surface area contributed by atoms with Crippen LogP contribution in [0, 0.1) is 0 Å². The molecule has 0 unspecified atom stereocenters. The molecule has 0 bridgehead atoms. The minimum absolute atomic E-state index is 0.242. The average molecular weight is 515 g/mol. The Hall–Kier alpha value is -2.87. The van der Waals surface area contributed by atoms with Crippen LogP contribution >= 0.6 is 0 Å². The summed E-state index contributed by atoms with van der Waals surface area (Å²) in [5.74, 6) is 0. The molecule has 0 radical (unpaired) electrons. The van der Waals surface area contributed by atoms with Crippen molar-refractivity contribution >= 4 is 36.4 Å². The Bertz CT molecular complexity index is 1160. The van der Waals surface area contributed by atoms with Gasteiger partial charge < -0.3 is 0 Å². The number of rotatable bonds is 7. The number of hydrogen-bond donors (Lipinski definition) is 0. The Balaban J connectivity index is 1.72. The van der Waals surface area contributed by atoms with Gasteiger partial charge in [0.05, 0.1) is 0 Å². The maximum atomic E-state index is 2.40. The average Bonchev–Trinajstić information content (AvgIpc) is 2.91. The Labute approximate surface area is 211 Å². The summed E-state index contributed by atoms with van der Waals surface area (Å²) >= 11 is 0.242. The third kappa shape index (κ3) is 5.43. The molecule has 0 saturated carbocycles. The van der Waals surface area contributed by atoms with Crippen molar-refractivity contribution in [2.24, 2.45) is 0 Å². The van der Waals surface area contributed by atoms with Crippen LogP contribution < -0.4 is 4.90 Å². The van der Waals surface area contributed by atoms with E-state index in [1.54, 1.807) is 0 Å². The molecule has 0 saturated heterocycles. The van der Waals surface area contributed by atoms with Crippen LogP contribution in [0.15, 0.2) is 101 Å². The van der Waals surface area contributed by atoms with Crippen molar-refractivity contribution in [2.75, 3.05) is 31.1 Å². The molecule has 0 aromatic heterocycles. The zero-order valence-electron chi connectivity index (χ0n) is 20.8. The molecule has 2 nitrogen and oxygen atoms in total. The van der Waals surface area contributed by atoms with E-state index in [9.17, 15) is 0 Å². The topological polar surface area (TPSA) is 6.25 Å². The Morgan fingerprint density at radius 2 is 1.35 bits per heavy atom. The summed E-state index contributed by atoms with van der Waals surface area (Å²) in [5, 5.41) is 0. The van der Waals surface area contributed by atoms with Crippen molar-refractivity contribution in [1.29, 1.82) is 0 Å². The summed E-state index contributed by atoms with van der Waals surface area (Å²) in [5.41, 5.74) is 7.82. The van der Waals surface area contributed by atoms with E-state index in [1.165, 1.54) is 42.6 Å². The van der Waals surface area contributed by atoms with Crippen molar-refractivity contribution in [1.82, 2.24) is 0 Å². The second-order valence-corrected chi connectivity index (χ2v) is 10.7. The van der Waals surface area contributed by atoms with Crippen LogP contribution in [0.5, 0.6) is 0 Å². The molecule has 0 amide bonds. The van der Waals surface area contributed by atoms with Crippen molar-refractivity contribution < 1.29 is 4.58 Å². The summed E-state index contributed by atoms with van der Waals surface area (Å²) in [7, 11) is 0. The van der Waals surface area contributed by atoms with Gasteiger partial charge in [-0.25, -0.2) is 0 Å². The number of nitrogens with zero attached hydrogens (tertiary/aromatic N) is 2. The quantitative estimate of drug-likeness (QED) is 0.300. The Morgan fingerprint density at radius 3 is 1.94 bits per heavy atom. The zero-order valence-corrected chi connectivity index (χ0v) is 22.5. The third-order valence-electron chi connectivity index (χ3n) is 6.46. The van der Waals surface area contributed by atoms with E-state index in [4.69, 9.17) is 0 Å². The Morgan fingerprint density at radius 1 is 0.706 bits per heavy atom. The molecule has 0 spiro atoms. The molecule has 0 fully saturated rings. The first-order valence-corrected chi connectivity index (χ1v) is 14.1. The summed E-state index contributed by atoms with van der Waals surface area (Å²) in [4.78, 5) is 2.40. The van der Waals surface area contributed by atoms with Gasteiger partial charge in [-0.05, 0) is 0 Å². The van der Waals surface area contributed by atoms with Crippen molar-refractivity contribution in [3.05, 3.63) is 112 Å². The maximum absolute atomic E-state index is 2.40. The normalized spacial score (nSPS) is 15.4. The number of allylic oxidation sites excluding steroid dienone is 9. The van der Waals surface area contributed by atoms with Gasteiger partial charge in [0.1, 0.15) is 0 Å². The molecule has 2 aliphatic rings. The molecule has 4 rings (SSSR count). The van der Waals surface area contributed by atoms with E-state index < -0.39 is 0 Å². The minimum atomic E-state index is 0.242. The van der Waals surface area contributed by atoms with E-state index in [-0.39, 0.29) is 15.0 Å². The van der Waals surface area contributed by atoms with E-state index in [2.05, 4.69) is 128 Å². The summed E-state index contributed by atoms with van der Waals surface area (Å²) in [6.45, 7) is 13.0. The van der Waals surface area contributed by atoms with Crippen LogP contribution in [0.25, 0.3) is 10.0 Å². The fraction of sp³-hybridized carbons (Fsp3) is 0.258. The monoisotopic (exact) mass is 515 g/mol. The number of anilines is 1. The van der Waals surface area contributed by atoms with Crippen LogP contribution in [0.2, 0.25) is 0 Å². The SMILES string of the molecule is CCN(CC)c1ccc(C2=CC(c3ccccc3)=CC(=C3C=CC(=[N+](CC)CC)C=C3)[Se]2)cc1. The predicted octanol–water partition coefficient (Wildman–Crippen LogP) is 6.55. The van der Waals surface area contributed by atoms with Crippen molar-refractivity contribution in [3.8, 4) is 0 Å². The third-order valence-corrected chi connectivity index (χ3v) is 8.87. The molecule has 2 aromatic carbocycles. The summed E-state index contributed by atoms with van der Waals surface area (Å²) < 4.78 is 5.26. The van der Waals surface area contributed by atoms with Gasteiger partial charge in [0.25, 0.3) is 0 Å². The standard InChI is InChI=1S/C31H35N2Se/c1-5-32(6-2)28-18-14-25(15-19-28)30-22-27(24-12-10-9-11-13-24)23-31(34-30)26-16-20-29(21-17-26)33(7-3)8-4/h9-23H,5-8H2,1-4H3/q+1. The van der Waals surface area contributed by atoms with E-state index in [0.717, 1.165) is 26.2 Å². The molecule has 1 aliphatic carbocycles. The van der Waals surface area contributed by atoms with Gasteiger partial charge in [-0.1, -0.05) is 0 Å². The molecule has 1 aliphatic heterocycles. The Kier molecular flexibility index (Phi) is 8.21. The van der Waals surface area contributed by atoms with Gasteiger partial charge in [0, 0.05) is 0 Å².